The average Bonchev–Trinajstić information content (AvgIpc) is 3.06. The predicted octanol–water partition coefficient (Wildman–Crippen LogP) is 2.68. The summed E-state index contributed by atoms with van der Waals surface area (Å²) in [4.78, 5) is 0. The van der Waals surface area contributed by atoms with Crippen LogP contribution in [0.3, 0.4) is 0 Å². The number of halogens is 1. The van der Waals surface area contributed by atoms with Crippen molar-refractivity contribution in [3.63, 3.8) is 0 Å². The summed E-state index contributed by atoms with van der Waals surface area (Å²) in [6.07, 6.45) is 6.42. The van der Waals surface area contributed by atoms with E-state index in [0.29, 0.717) is 6.10 Å². The molecule has 1 aromatic carbocycles. The van der Waals surface area contributed by atoms with Crippen LogP contribution < -0.4 is 10.1 Å². The number of hydrogen-bond acceptors (Lipinski definition) is 3. The summed E-state index contributed by atoms with van der Waals surface area (Å²) in [7, 11) is 0. The van der Waals surface area contributed by atoms with Crippen molar-refractivity contribution < 1.29 is 13.9 Å². The maximum absolute atomic E-state index is 13.1. The fourth-order valence-corrected chi connectivity index (χ4v) is 3.02. The molecule has 0 radical (unpaired) electrons. The van der Waals surface area contributed by atoms with E-state index in [1.165, 1.54) is 31.7 Å². The van der Waals surface area contributed by atoms with Gasteiger partial charge in [-0.25, -0.2) is 4.39 Å². The number of rotatable bonds is 6. The largest absolute Gasteiger partial charge is 0.488 e. The summed E-state index contributed by atoms with van der Waals surface area (Å²) in [6, 6.07) is 4.73. The topological polar surface area (TPSA) is 30.5 Å². The number of nitrogens with one attached hydrogen (secondary N) is 1. The molecular weight excluding hydrogens is 257 g/mol. The first kappa shape index (κ1) is 13.8. The monoisotopic (exact) mass is 279 g/mol. The van der Waals surface area contributed by atoms with Crippen LogP contribution in [-0.4, -0.2) is 31.9 Å². The second-order valence-electron chi connectivity index (χ2n) is 5.68. The zero-order chi connectivity index (χ0) is 13.8. The van der Waals surface area contributed by atoms with Gasteiger partial charge in [0.1, 0.15) is 17.7 Å². The molecule has 0 aromatic heterocycles. The molecule has 110 valence electrons. The molecule has 3 nitrogen and oxygen atoms in total. The van der Waals surface area contributed by atoms with Crippen molar-refractivity contribution in [2.75, 3.05) is 19.7 Å². The van der Waals surface area contributed by atoms with Gasteiger partial charge in [-0.05, 0) is 31.0 Å². The van der Waals surface area contributed by atoms with Crippen molar-refractivity contribution in [2.45, 2.75) is 44.3 Å². The van der Waals surface area contributed by atoms with Gasteiger partial charge in [0.25, 0.3) is 0 Å². The quantitative estimate of drug-likeness (QED) is 0.812. The van der Waals surface area contributed by atoms with Gasteiger partial charge in [-0.1, -0.05) is 12.8 Å². The molecule has 1 atom stereocenters. The third kappa shape index (κ3) is 3.49. The lowest BCUT2D eigenvalue weighted by molar-refractivity contribution is 0.0593. The van der Waals surface area contributed by atoms with Crippen LogP contribution in [0.5, 0.6) is 5.75 Å². The maximum Gasteiger partial charge on any atom is 0.123 e. The van der Waals surface area contributed by atoms with Crippen molar-refractivity contribution >= 4 is 0 Å². The Bertz CT molecular complexity index is 446. The highest BCUT2D eigenvalue weighted by molar-refractivity contribution is 5.37. The fraction of sp³-hybridized carbons (Fsp3) is 0.625. The second kappa shape index (κ2) is 6.55. The van der Waals surface area contributed by atoms with E-state index in [2.05, 4.69) is 5.32 Å². The molecule has 4 heteroatoms. The standard InChI is InChI=1S/C16H22FNO2/c17-13-5-6-16-12(9-13)10-15(20-16)11-18-7-8-19-14-3-1-2-4-14/h5-6,9,14-15,18H,1-4,7-8,10-11H2. The molecule has 1 fully saturated rings. The molecule has 0 spiro atoms. The van der Waals surface area contributed by atoms with Crippen molar-refractivity contribution in [3.8, 4) is 5.75 Å². The number of ether oxygens (including phenoxy) is 2. The number of benzene rings is 1. The molecule has 0 amide bonds. The molecule has 2 aliphatic rings. The first-order valence-electron chi connectivity index (χ1n) is 7.58. The van der Waals surface area contributed by atoms with Crippen molar-refractivity contribution in [1.82, 2.24) is 5.32 Å². The summed E-state index contributed by atoms with van der Waals surface area (Å²) >= 11 is 0. The molecule has 3 rings (SSSR count). The Hall–Kier alpha value is -1.13. The summed E-state index contributed by atoms with van der Waals surface area (Å²) in [6.45, 7) is 2.39. The van der Waals surface area contributed by atoms with Gasteiger partial charge >= 0.3 is 0 Å². The van der Waals surface area contributed by atoms with Gasteiger partial charge in [0.05, 0.1) is 12.7 Å². The highest BCUT2D eigenvalue weighted by Crippen LogP contribution is 2.28. The van der Waals surface area contributed by atoms with Crippen LogP contribution in [0.4, 0.5) is 4.39 Å². The van der Waals surface area contributed by atoms with E-state index in [4.69, 9.17) is 9.47 Å². The van der Waals surface area contributed by atoms with E-state index in [1.54, 1.807) is 12.1 Å². The minimum Gasteiger partial charge on any atom is -0.488 e. The normalized spacial score (nSPS) is 21.9. The highest BCUT2D eigenvalue weighted by Gasteiger charge is 2.22. The molecule has 20 heavy (non-hydrogen) atoms. The minimum atomic E-state index is -0.189. The van der Waals surface area contributed by atoms with E-state index in [-0.39, 0.29) is 11.9 Å². The van der Waals surface area contributed by atoms with Gasteiger partial charge in [-0.3, -0.25) is 0 Å². The zero-order valence-corrected chi connectivity index (χ0v) is 11.7. The van der Waals surface area contributed by atoms with E-state index in [9.17, 15) is 4.39 Å². The maximum atomic E-state index is 13.1. The van der Waals surface area contributed by atoms with Gasteiger partial charge < -0.3 is 14.8 Å². The fourth-order valence-electron chi connectivity index (χ4n) is 3.02. The molecule has 1 N–H and O–H groups in total. The Morgan fingerprint density at radius 1 is 1.30 bits per heavy atom. The minimum absolute atomic E-state index is 0.110. The zero-order valence-electron chi connectivity index (χ0n) is 11.7. The molecule has 1 aliphatic carbocycles. The summed E-state index contributed by atoms with van der Waals surface area (Å²) in [5.41, 5.74) is 0.971. The Balaban J connectivity index is 1.32. The van der Waals surface area contributed by atoms with Crippen LogP contribution in [0.2, 0.25) is 0 Å². The van der Waals surface area contributed by atoms with Gasteiger partial charge in [-0.2, -0.15) is 0 Å². The van der Waals surface area contributed by atoms with Crippen molar-refractivity contribution in [3.05, 3.63) is 29.6 Å². The molecule has 1 aliphatic heterocycles. The van der Waals surface area contributed by atoms with E-state index >= 15 is 0 Å². The summed E-state index contributed by atoms with van der Waals surface area (Å²) in [5, 5.41) is 3.36. The van der Waals surface area contributed by atoms with Crippen LogP contribution >= 0.6 is 0 Å². The molecular formula is C16H22FNO2. The first-order valence-corrected chi connectivity index (χ1v) is 7.58. The Morgan fingerprint density at radius 2 is 2.15 bits per heavy atom. The Kier molecular flexibility index (Phi) is 4.53. The number of fused-ring (bicyclic) bond motifs is 1. The van der Waals surface area contributed by atoms with Crippen molar-refractivity contribution in [1.29, 1.82) is 0 Å². The molecule has 0 bridgehead atoms. The average molecular weight is 279 g/mol. The predicted molar refractivity (Wildman–Crippen MR) is 75.6 cm³/mol. The van der Waals surface area contributed by atoms with E-state index < -0.39 is 0 Å². The second-order valence-corrected chi connectivity index (χ2v) is 5.68. The molecule has 1 heterocycles. The number of hydrogen-bond donors (Lipinski definition) is 1. The third-order valence-corrected chi connectivity index (χ3v) is 4.07. The van der Waals surface area contributed by atoms with Gasteiger partial charge in [0, 0.05) is 25.1 Å². The SMILES string of the molecule is Fc1ccc2c(c1)CC(CNCCOC1CCCC1)O2. The first-order chi connectivity index (χ1) is 9.81. The van der Waals surface area contributed by atoms with Crippen LogP contribution in [0.1, 0.15) is 31.2 Å². The molecule has 1 unspecified atom stereocenters. The lowest BCUT2D eigenvalue weighted by Gasteiger charge is -2.14. The molecule has 1 saturated carbocycles. The Labute approximate surface area is 119 Å². The van der Waals surface area contributed by atoms with E-state index in [0.717, 1.165) is 37.4 Å². The lowest BCUT2D eigenvalue weighted by Crippen LogP contribution is -2.32. The van der Waals surface area contributed by atoms with Crippen LogP contribution in [-0.2, 0) is 11.2 Å². The van der Waals surface area contributed by atoms with E-state index in [1.807, 2.05) is 0 Å². The van der Waals surface area contributed by atoms with Gasteiger partial charge in [-0.15, -0.1) is 0 Å². The van der Waals surface area contributed by atoms with Crippen LogP contribution in [0, 0.1) is 5.82 Å². The van der Waals surface area contributed by atoms with Crippen LogP contribution in [0.25, 0.3) is 0 Å². The summed E-state index contributed by atoms with van der Waals surface area (Å²) in [5.74, 6) is 0.631. The van der Waals surface area contributed by atoms with Crippen molar-refractivity contribution in [2.24, 2.45) is 0 Å². The smallest absolute Gasteiger partial charge is 0.123 e. The Morgan fingerprint density at radius 3 is 3.00 bits per heavy atom. The highest BCUT2D eigenvalue weighted by atomic mass is 19.1. The van der Waals surface area contributed by atoms with Gasteiger partial charge in [0.15, 0.2) is 0 Å². The summed E-state index contributed by atoms with van der Waals surface area (Å²) < 4.78 is 24.7. The van der Waals surface area contributed by atoms with Crippen LogP contribution in [0.15, 0.2) is 18.2 Å². The third-order valence-electron chi connectivity index (χ3n) is 4.07. The van der Waals surface area contributed by atoms with Gasteiger partial charge in [0.2, 0.25) is 0 Å². The molecule has 0 saturated heterocycles. The molecule has 1 aromatic rings. The lowest BCUT2D eigenvalue weighted by atomic mass is 10.1.